The minimum absolute atomic E-state index is 0.0293. The van der Waals surface area contributed by atoms with E-state index in [9.17, 15) is 13.2 Å². The van der Waals surface area contributed by atoms with Gasteiger partial charge in [0.25, 0.3) is 0 Å². The van der Waals surface area contributed by atoms with Crippen LogP contribution in [0.5, 0.6) is 0 Å². The molecule has 25 heavy (non-hydrogen) atoms. The lowest BCUT2D eigenvalue weighted by Crippen LogP contribution is -2.18. The van der Waals surface area contributed by atoms with Gasteiger partial charge in [-0.1, -0.05) is 32.6 Å². The van der Waals surface area contributed by atoms with Crippen molar-refractivity contribution in [3.05, 3.63) is 47.2 Å². The third kappa shape index (κ3) is 6.03. The van der Waals surface area contributed by atoms with Gasteiger partial charge in [-0.3, -0.25) is 9.98 Å². The van der Waals surface area contributed by atoms with E-state index < -0.39 is 17.8 Å². The molecule has 0 saturated carbocycles. The van der Waals surface area contributed by atoms with Crippen molar-refractivity contribution < 1.29 is 13.2 Å². The zero-order chi connectivity index (χ0) is 19.0. The molecule has 3 nitrogen and oxygen atoms in total. The van der Waals surface area contributed by atoms with E-state index in [2.05, 4.69) is 28.6 Å². The lowest BCUT2D eigenvalue weighted by molar-refractivity contribution is 0.450. The first-order valence-electron chi connectivity index (χ1n) is 8.29. The van der Waals surface area contributed by atoms with E-state index in [1.165, 1.54) is 19.1 Å². The summed E-state index contributed by atoms with van der Waals surface area (Å²) in [6.07, 6.45) is -0.400. The molecular weight excluding hydrogens is 327 g/mol. The van der Waals surface area contributed by atoms with Crippen molar-refractivity contribution in [2.75, 3.05) is 6.54 Å². The van der Waals surface area contributed by atoms with Gasteiger partial charge in [-0.15, -0.1) is 0 Å². The summed E-state index contributed by atoms with van der Waals surface area (Å²) in [5.41, 5.74) is 1.23. The summed E-state index contributed by atoms with van der Waals surface area (Å²) in [5.74, 6) is -1.63. The zero-order valence-corrected chi connectivity index (χ0v) is 15.1. The molecule has 1 aromatic carbocycles. The van der Waals surface area contributed by atoms with Gasteiger partial charge in [0, 0.05) is 23.4 Å². The molecule has 1 N–H and O–H groups in total. The normalized spacial score (nSPS) is 14.1. The lowest BCUT2D eigenvalue weighted by Gasteiger charge is -2.16. The summed E-state index contributed by atoms with van der Waals surface area (Å²) in [6, 6.07) is 2.97. The summed E-state index contributed by atoms with van der Waals surface area (Å²) >= 11 is 0. The quantitative estimate of drug-likeness (QED) is 0.613. The summed E-state index contributed by atoms with van der Waals surface area (Å²) in [7, 11) is 0. The molecule has 0 saturated heterocycles. The minimum atomic E-state index is -1.31. The Bertz CT molecular complexity index is 639. The van der Waals surface area contributed by atoms with Crippen LogP contribution in [0.25, 0.3) is 0 Å². The van der Waals surface area contributed by atoms with E-state index in [-0.39, 0.29) is 42.4 Å². The van der Waals surface area contributed by atoms with E-state index in [0.717, 1.165) is 12.1 Å². The van der Waals surface area contributed by atoms with Gasteiger partial charge in [-0.05, 0) is 26.0 Å². The number of halogens is 3. The van der Waals surface area contributed by atoms with Crippen LogP contribution in [0.15, 0.2) is 34.4 Å². The SMILES string of the molecule is C=NCC(=NCc1ccc(CNC(=C)[C@H](C)CC)c(F)c1F)[C@@H](C)F. The van der Waals surface area contributed by atoms with Gasteiger partial charge in [0.05, 0.1) is 18.8 Å². The average molecular weight is 353 g/mol. The highest BCUT2D eigenvalue weighted by atomic mass is 19.2. The predicted molar refractivity (Wildman–Crippen MR) is 97.9 cm³/mol. The van der Waals surface area contributed by atoms with Crippen molar-refractivity contribution in [2.45, 2.75) is 46.5 Å². The Balaban J connectivity index is 2.87. The summed E-state index contributed by atoms with van der Waals surface area (Å²) in [6.45, 7) is 12.6. The van der Waals surface area contributed by atoms with Crippen molar-refractivity contribution in [1.82, 2.24) is 5.32 Å². The highest BCUT2D eigenvalue weighted by Crippen LogP contribution is 2.19. The molecule has 0 radical (unpaired) electrons. The van der Waals surface area contributed by atoms with Crippen LogP contribution in [-0.2, 0) is 13.1 Å². The van der Waals surface area contributed by atoms with Gasteiger partial charge in [-0.2, -0.15) is 0 Å². The molecule has 0 heterocycles. The third-order valence-corrected chi connectivity index (χ3v) is 4.14. The molecule has 0 amide bonds. The second kappa shape index (κ2) is 10.0. The molecule has 1 rings (SSSR count). The number of alkyl halides is 1. The summed E-state index contributed by atoms with van der Waals surface area (Å²) < 4.78 is 41.8. The Morgan fingerprint density at radius 2 is 1.80 bits per heavy atom. The number of hydrogen-bond acceptors (Lipinski definition) is 3. The second-order valence-corrected chi connectivity index (χ2v) is 6.01. The maximum absolute atomic E-state index is 14.2. The van der Waals surface area contributed by atoms with E-state index in [0.29, 0.717) is 0 Å². The predicted octanol–water partition coefficient (Wildman–Crippen LogP) is 4.61. The Labute approximate surface area is 147 Å². The van der Waals surface area contributed by atoms with Crippen molar-refractivity contribution in [3.63, 3.8) is 0 Å². The molecule has 0 fully saturated rings. The van der Waals surface area contributed by atoms with Gasteiger partial charge >= 0.3 is 0 Å². The molecule has 2 atom stereocenters. The van der Waals surface area contributed by atoms with Crippen molar-refractivity contribution in [1.29, 1.82) is 0 Å². The number of aliphatic imine (C=N–C) groups is 2. The Kier molecular flexibility index (Phi) is 8.38. The third-order valence-electron chi connectivity index (χ3n) is 4.14. The number of nitrogens with zero attached hydrogens (tertiary/aromatic N) is 2. The maximum Gasteiger partial charge on any atom is 0.164 e. The molecule has 0 aliphatic carbocycles. The number of nitrogens with one attached hydrogen (secondary N) is 1. The van der Waals surface area contributed by atoms with Crippen molar-refractivity contribution >= 4 is 12.4 Å². The van der Waals surface area contributed by atoms with Gasteiger partial charge in [-0.25, -0.2) is 13.2 Å². The van der Waals surface area contributed by atoms with Crippen LogP contribution < -0.4 is 5.32 Å². The molecule has 0 bridgehead atoms. The van der Waals surface area contributed by atoms with Gasteiger partial charge in [0.15, 0.2) is 11.6 Å². The van der Waals surface area contributed by atoms with Crippen LogP contribution in [0.1, 0.15) is 38.3 Å². The molecule has 0 aliphatic rings. The highest BCUT2D eigenvalue weighted by molar-refractivity contribution is 5.90. The fraction of sp³-hybridized carbons (Fsp3) is 0.474. The second-order valence-electron chi connectivity index (χ2n) is 6.01. The van der Waals surface area contributed by atoms with Gasteiger partial charge in [0.1, 0.15) is 6.17 Å². The molecule has 0 aliphatic heterocycles. The Hall–Kier alpha value is -2.11. The first kappa shape index (κ1) is 20.9. The molecule has 1 aromatic rings. The Morgan fingerprint density at radius 3 is 2.36 bits per heavy atom. The molecule has 6 heteroatoms. The maximum atomic E-state index is 14.2. The fourth-order valence-electron chi connectivity index (χ4n) is 2.12. The van der Waals surface area contributed by atoms with E-state index >= 15 is 0 Å². The van der Waals surface area contributed by atoms with E-state index in [4.69, 9.17) is 0 Å². The average Bonchev–Trinajstić information content (AvgIpc) is 2.59. The van der Waals surface area contributed by atoms with Crippen LogP contribution in [0.2, 0.25) is 0 Å². The lowest BCUT2D eigenvalue weighted by atomic mass is 10.1. The fourth-order valence-corrected chi connectivity index (χ4v) is 2.12. The monoisotopic (exact) mass is 353 g/mol. The van der Waals surface area contributed by atoms with E-state index in [1.54, 1.807) is 0 Å². The van der Waals surface area contributed by atoms with Crippen LogP contribution in [0.4, 0.5) is 13.2 Å². The summed E-state index contributed by atoms with van der Waals surface area (Å²) in [4.78, 5) is 7.58. The van der Waals surface area contributed by atoms with Gasteiger partial charge in [0.2, 0.25) is 0 Å². The molecule has 0 spiro atoms. The van der Waals surface area contributed by atoms with Crippen molar-refractivity contribution in [3.8, 4) is 0 Å². The summed E-state index contributed by atoms with van der Waals surface area (Å²) in [5, 5.41) is 3.02. The van der Waals surface area contributed by atoms with Gasteiger partial charge < -0.3 is 5.32 Å². The minimum Gasteiger partial charge on any atom is -0.384 e. The number of allylic oxidation sites excluding steroid dienone is 1. The number of hydrogen-bond donors (Lipinski definition) is 1. The van der Waals surface area contributed by atoms with Crippen LogP contribution >= 0.6 is 0 Å². The number of benzene rings is 1. The van der Waals surface area contributed by atoms with Crippen molar-refractivity contribution in [2.24, 2.45) is 15.9 Å². The molecule has 0 unspecified atom stereocenters. The molecule has 0 aromatic heterocycles. The topological polar surface area (TPSA) is 36.8 Å². The van der Waals surface area contributed by atoms with E-state index in [1.807, 2.05) is 13.8 Å². The molecule has 138 valence electrons. The first-order chi connectivity index (χ1) is 11.8. The van der Waals surface area contributed by atoms with Crippen LogP contribution in [-0.4, -0.2) is 25.1 Å². The number of rotatable bonds is 10. The molecular formula is C19H26F3N3. The first-order valence-corrected chi connectivity index (χ1v) is 8.29. The highest BCUT2D eigenvalue weighted by Gasteiger charge is 2.15. The Morgan fingerprint density at radius 1 is 1.20 bits per heavy atom. The zero-order valence-electron chi connectivity index (χ0n) is 15.1. The van der Waals surface area contributed by atoms with Crippen LogP contribution in [0, 0.1) is 17.6 Å². The largest absolute Gasteiger partial charge is 0.384 e. The van der Waals surface area contributed by atoms with Crippen LogP contribution in [0.3, 0.4) is 0 Å². The smallest absolute Gasteiger partial charge is 0.164 e. The standard InChI is InChI=1S/C19H26F3N3/c1-6-12(2)14(4)24-9-15-7-8-16(19(22)18(15)21)10-25-17(11-23-5)13(3)20/h7-8,12-13,24H,4-6,9-11H2,1-3H3/t12-,13-/m1/s1.